The van der Waals surface area contributed by atoms with E-state index >= 15 is 0 Å². The van der Waals surface area contributed by atoms with Crippen molar-refractivity contribution in [2.24, 2.45) is 0 Å². The average molecular weight is 366 g/mol. The summed E-state index contributed by atoms with van der Waals surface area (Å²) >= 11 is 0. The van der Waals surface area contributed by atoms with Crippen molar-refractivity contribution in [2.45, 2.75) is 20.4 Å². The van der Waals surface area contributed by atoms with Gasteiger partial charge < -0.3 is 9.52 Å². The van der Waals surface area contributed by atoms with Crippen LogP contribution in [0, 0.1) is 13.8 Å². The minimum absolute atomic E-state index is 0.0736. The Labute approximate surface area is 146 Å². The third kappa shape index (κ3) is 3.42. The molecule has 0 atom stereocenters. The number of rotatable bonds is 3. The third-order valence-electron chi connectivity index (χ3n) is 4.89. The summed E-state index contributed by atoms with van der Waals surface area (Å²) in [6.45, 7) is 5.90. The van der Waals surface area contributed by atoms with Crippen LogP contribution in [0.25, 0.3) is 11.0 Å². The molecule has 1 aromatic carbocycles. The van der Waals surface area contributed by atoms with Crippen LogP contribution in [-0.4, -0.2) is 55.2 Å². The van der Waals surface area contributed by atoms with Crippen molar-refractivity contribution >= 4 is 21.0 Å². The van der Waals surface area contributed by atoms with Crippen LogP contribution >= 0.6 is 0 Å². The van der Waals surface area contributed by atoms with Gasteiger partial charge in [-0.2, -0.15) is 4.31 Å². The maximum absolute atomic E-state index is 12.0. The number of phenols is 1. The summed E-state index contributed by atoms with van der Waals surface area (Å²) in [5.41, 5.74) is 1.96. The first-order valence-corrected chi connectivity index (χ1v) is 9.95. The number of aryl methyl sites for hydroxylation is 1. The van der Waals surface area contributed by atoms with Gasteiger partial charge in [0.25, 0.3) is 0 Å². The van der Waals surface area contributed by atoms with Gasteiger partial charge in [-0.3, -0.25) is 4.90 Å². The zero-order valence-electron chi connectivity index (χ0n) is 14.6. The van der Waals surface area contributed by atoms with Crippen molar-refractivity contribution < 1.29 is 17.9 Å². The third-order valence-corrected chi connectivity index (χ3v) is 6.19. The summed E-state index contributed by atoms with van der Waals surface area (Å²) in [5.74, 6) is 0.0736. The average Bonchev–Trinajstić information content (AvgIpc) is 2.55. The predicted octanol–water partition coefficient (Wildman–Crippen LogP) is 1.19. The summed E-state index contributed by atoms with van der Waals surface area (Å²) < 4.78 is 30.1. The van der Waals surface area contributed by atoms with Crippen LogP contribution in [0.1, 0.15) is 16.7 Å². The van der Waals surface area contributed by atoms with Crippen LogP contribution in [-0.2, 0) is 16.6 Å². The Morgan fingerprint density at radius 2 is 1.76 bits per heavy atom. The molecule has 1 fully saturated rings. The van der Waals surface area contributed by atoms with Gasteiger partial charge in [-0.25, -0.2) is 13.2 Å². The van der Waals surface area contributed by atoms with Crippen molar-refractivity contribution in [1.82, 2.24) is 9.21 Å². The van der Waals surface area contributed by atoms with Crippen LogP contribution in [0.2, 0.25) is 0 Å². The van der Waals surface area contributed by atoms with E-state index in [0.29, 0.717) is 49.4 Å². The standard InChI is InChI=1S/C17H22N2O5S/c1-11-12(2)17(21)24-16-13(11)4-5-15(20)14(16)10-18-6-8-19(9-7-18)25(3,22)23/h4-5,20H,6-10H2,1-3H3. The molecule has 25 heavy (non-hydrogen) atoms. The quantitative estimate of drug-likeness (QED) is 0.821. The van der Waals surface area contributed by atoms with Gasteiger partial charge in [-0.1, -0.05) is 0 Å². The fourth-order valence-electron chi connectivity index (χ4n) is 3.15. The molecule has 8 heteroatoms. The van der Waals surface area contributed by atoms with Crippen LogP contribution in [0.3, 0.4) is 0 Å². The Balaban J connectivity index is 1.92. The molecule has 1 aromatic heterocycles. The van der Waals surface area contributed by atoms with E-state index in [0.717, 1.165) is 10.9 Å². The van der Waals surface area contributed by atoms with E-state index in [9.17, 15) is 18.3 Å². The lowest BCUT2D eigenvalue weighted by molar-refractivity contribution is 0.180. The number of sulfonamides is 1. The molecule has 0 amide bonds. The second-order valence-corrected chi connectivity index (χ2v) is 8.50. The first-order valence-electron chi connectivity index (χ1n) is 8.11. The second-order valence-electron chi connectivity index (χ2n) is 6.52. The van der Waals surface area contributed by atoms with Crippen LogP contribution in [0.4, 0.5) is 0 Å². The summed E-state index contributed by atoms with van der Waals surface area (Å²) in [6.07, 6.45) is 1.21. The van der Waals surface area contributed by atoms with Gasteiger partial charge in [0.15, 0.2) is 0 Å². The van der Waals surface area contributed by atoms with Crippen molar-refractivity contribution in [3.05, 3.63) is 39.2 Å². The number of benzene rings is 1. The van der Waals surface area contributed by atoms with E-state index in [2.05, 4.69) is 0 Å². The van der Waals surface area contributed by atoms with Crippen molar-refractivity contribution in [3.63, 3.8) is 0 Å². The number of hydrogen-bond donors (Lipinski definition) is 1. The van der Waals surface area contributed by atoms with Crippen LogP contribution in [0.15, 0.2) is 21.3 Å². The zero-order chi connectivity index (χ0) is 18.4. The Morgan fingerprint density at radius 3 is 2.36 bits per heavy atom. The topological polar surface area (TPSA) is 91.1 Å². The highest BCUT2D eigenvalue weighted by molar-refractivity contribution is 7.88. The largest absolute Gasteiger partial charge is 0.507 e. The highest BCUT2D eigenvalue weighted by atomic mass is 32.2. The molecule has 0 spiro atoms. The second kappa shape index (κ2) is 6.44. The molecular weight excluding hydrogens is 344 g/mol. The maximum Gasteiger partial charge on any atom is 0.339 e. The van der Waals surface area contributed by atoms with Crippen molar-refractivity contribution in [1.29, 1.82) is 0 Å². The predicted molar refractivity (Wildman–Crippen MR) is 95.3 cm³/mol. The zero-order valence-corrected chi connectivity index (χ0v) is 15.4. The Morgan fingerprint density at radius 1 is 1.12 bits per heavy atom. The van der Waals surface area contributed by atoms with E-state index in [1.165, 1.54) is 10.6 Å². The molecule has 1 aliphatic heterocycles. The molecular formula is C17H22N2O5S. The van der Waals surface area contributed by atoms with E-state index in [-0.39, 0.29) is 5.75 Å². The van der Waals surface area contributed by atoms with E-state index < -0.39 is 15.6 Å². The molecule has 136 valence electrons. The summed E-state index contributed by atoms with van der Waals surface area (Å²) in [6, 6.07) is 3.36. The van der Waals surface area contributed by atoms with Crippen molar-refractivity contribution in [3.8, 4) is 5.75 Å². The number of fused-ring (bicyclic) bond motifs is 1. The molecule has 2 heterocycles. The molecule has 1 saturated heterocycles. The number of nitrogens with zero attached hydrogens (tertiary/aromatic N) is 2. The molecule has 2 aromatic rings. The Hall–Kier alpha value is -1.90. The Kier molecular flexibility index (Phi) is 4.61. The summed E-state index contributed by atoms with van der Waals surface area (Å²) in [5, 5.41) is 11.1. The molecule has 1 aliphatic rings. The van der Waals surface area contributed by atoms with Gasteiger partial charge in [0, 0.05) is 43.7 Å². The minimum Gasteiger partial charge on any atom is -0.507 e. The number of piperazine rings is 1. The number of aromatic hydroxyl groups is 1. The lowest BCUT2D eigenvalue weighted by Crippen LogP contribution is -2.47. The summed E-state index contributed by atoms with van der Waals surface area (Å²) in [4.78, 5) is 14.1. The molecule has 0 saturated carbocycles. The van der Waals surface area contributed by atoms with Gasteiger partial charge in [-0.15, -0.1) is 0 Å². The van der Waals surface area contributed by atoms with E-state index in [1.807, 2.05) is 11.8 Å². The molecule has 0 unspecified atom stereocenters. The smallest absolute Gasteiger partial charge is 0.339 e. The molecule has 0 aliphatic carbocycles. The maximum atomic E-state index is 12.0. The van der Waals surface area contributed by atoms with Gasteiger partial charge >= 0.3 is 5.63 Å². The number of hydrogen-bond acceptors (Lipinski definition) is 6. The molecule has 0 bridgehead atoms. The van der Waals surface area contributed by atoms with E-state index in [1.54, 1.807) is 19.1 Å². The first kappa shape index (κ1) is 17.9. The monoisotopic (exact) mass is 366 g/mol. The lowest BCUT2D eigenvalue weighted by Gasteiger charge is -2.33. The molecule has 3 rings (SSSR count). The minimum atomic E-state index is -3.18. The van der Waals surface area contributed by atoms with E-state index in [4.69, 9.17) is 4.42 Å². The van der Waals surface area contributed by atoms with Gasteiger partial charge in [0.2, 0.25) is 10.0 Å². The molecule has 1 N–H and O–H groups in total. The highest BCUT2D eigenvalue weighted by Crippen LogP contribution is 2.30. The van der Waals surface area contributed by atoms with Gasteiger partial charge in [0.1, 0.15) is 11.3 Å². The van der Waals surface area contributed by atoms with Gasteiger partial charge in [-0.05, 0) is 31.5 Å². The Bertz CT molecular complexity index is 973. The van der Waals surface area contributed by atoms with Crippen molar-refractivity contribution in [2.75, 3.05) is 32.4 Å². The first-order chi connectivity index (χ1) is 11.7. The fraction of sp³-hybridized carbons (Fsp3) is 0.471. The SMILES string of the molecule is Cc1c(C)c2ccc(O)c(CN3CCN(S(C)(=O)=O)CC3)c2oc1=O. The molecule has 0 radical (unpaired) electrons. The number of phenolic OH excluding ortho intramolecular Hbond substituents is 1. The summed E-state index contributed by atoms with van der Waals surface area (Å²) in [7, 11) is -3.18. The highest BCUT2D eigenvalue weighted by Gasteiger charge is 2.25. The molecule has 7 nitrogen and oxygen atoms in total. The lowest BCUT2D eigenvalue weighted by atomic mass is 10.0. The normalized spacial score (nSPS) is 17.2. The van der Waals surface area contributed by atoms with Crippen LogP contribution < -0.4 is 5.63 Å². The van der Waals surface area contributed by atoms with Crippen LogP contribution in [0.5, 0.6) is 5.75 Å². The van der Waals surface area contributed by atoms with Gasteiger partial charge in [0.05, 0.1) is 11.8 Å². The fourth-order valence-corrected chi connectivity index (χ4v) is 3.98.